The van der Waals surface area contributed by atoms with Crippen LogP contribution in [0.15, 0.2) is 52.7 Å². The van der Waals surface area contributed by atoms with Gasteiger partial charge in [0.05, 0.1) is 4.90 Å². The molecule has 7 nitrogen and oxygen atoms in total. The Labute approximate surface area is 208 Å². The molecule has 35 heavy (non-hydrogen) atoms. The number of ether oxygens (including phenoxy) is 1. The normalized spacial score (nSPS) is 18.3. The molecule has 2 atom stereocenters. The lowest BCUT2D eigenvalue weighted by Gasteiger charge is -2.32. The van der Waals surface area contributed by atoms with Gasteiger partial charge in [0.15, 0.2) is 0 Å². The lowest BCUT2D eigenvalue weighted by Crippen LogP contribution is -2.53. The number of nitrogens with zero attached hydrogens (tertiary/aromatic N) is 1. The van der Waals surface area contributed by atoms with E-state index in [1.165, 1.54) is 23.5 Å². The third kappa shape index (κ3) is 6.65. The largest absolute Gasteiger partial charge is 0.486 e. The molecule has 0 radical (unpaired) electrons. The molecule has 0 unspecified atom stereocenters. The minimum atomic E-state index is -3.84. The highest BCUT2D eigenvalue weighted by Crippen LogP contribution is 2.23. The first-order valence-electron chi connectivity index (χ1n) is 11.4. The third-order valence-corrected chi connectivity index (χ3v) is 8.18. The summed E-state index contributed by atoms with van der Waals surface area (Å²) in [5, 5.41) is 5.30. The number of aryl methyl sites for hydroxylation is 2. The van der Waals surface area contributed by atoms with Crippen LogP contribution >= 0.6 is 11.3 Å². The second-order valence-corrected chi connectivity index (χ2v) is 11.4. The van der Waals surface area contributed by atoms with Crippen molar-refractivity contribution < 1.29 is 22.3 Å². The van der Waals surface area contributed by atoms with E-state index in [4.69, 9.17) is 4.74 Å². The van der Waals surface area contributed by atoms with E-state index in [-0.39, 0.29) is 29.1 Å². The molecule has 10 heteroatoms. The summed E-state index contributed by atoms with van der Waals surface area (Å²) in [5.74, 6) is -0.104. The second kappa shape index (κ2) is 10.8. The highest BCUT2D eigenvalue weighted by molar-refractivity contribution is 7.89. The van der Waals surface area contributed by atoms with Crippen molar-refractivity contribution in [1.82, 2.24) is 15.0 Å². The Balaban J connectivity index is 1.38. The van der Waals surface area contributed by atoms with Crippen molar-refractivity contribution in [2.45, 2.75) is 63.1 Å². The minimum absolute atomic E-state index is 0.0116. The summed E-state index contributed by atoms with van der Waals surface area (Å²) < 4.78 is 47.3. The number of amides is 1. The van der Waals surface area contributed by atoms with Crippen molar-refractivity contribution in [2.75, 3.05) is 0 Å². The van der Waals surface area contributed by atoms with Gasteiger partial charge in [-0.05, 0) is 74.2 Å². The Morgan fingerprint density at radius 3 is 2.43 bits per heavy atom. The average Bonchev–Trinajstić information content (AvgIpc) is 3.28. The van der Waals surface area contributed by atoms with Crippen molar-refractivity contribution in [3.63, 3.8) is 0 Å². The molecule has 1 fully saturated rings. The van der Waals surface area contributed by atoms with Gasteiger partial charge in [-0.3, -0.25) is 4.79 Å². The summed E-state index contributed by atoms with van der Waals surface area (Å²) in [6, 6.07) is 9.80. The number of thiazole rings is 1. The maximum absolute atomic E-state index is 13.2. The van der Waals surface area contributed by atoms with E-state index in [1.807, 2.05) is 26.0 Å². The fourth-order valence-electron chi connectivity index (χ4n) is 4.21. The van der Waals surface area contributed by atoms with Crippen LogP contribution in [0.25, 0.3) is 0 Å². The minimum Gasteiger partial charge on any atom is -0.486 e. The van der Waals surface area contributed by atoms with Gasteiger partial charge in [0.1, 0.15) is 28.9 Å². The summed E-state index contributed by atoms with van der Waals surface area (Å²) in [6.45, 7) is 4.26. The quantitative estimate of drug-likeness (QED) is 0.459. The molecule has 1 saturated carbocycles. The molecular weight excluding hydrogens is 489 g/mol. The number of benzene rings is 2. The maximum atomic E-state index is 13.2. The van der Waals surface area contributed by atoms with E-state index in [2.05, 4.69) is 21.1 Å². The first-order valence-corrected chi connectivity index (χ1v) is 13.8. The summed E-state index contributed by atoms with van der Waals surface area (Å²) in [5.41, 5.74) is 2.49. The van der Waals surface area contributed by atoms with Crippen LogP contribution in [0.2, 0.25) is 0 Å². The van der Waals surface area contributed by atoms with Crippen LogP contribution in [0, 0.1) is 19.7 Å². The zero-order valence-electron chi connectivity index (χ0n) is 19.6. The SMILES string of the molecule is Cc1cc(C)cc(OCc2nc(C(=O)N[C@H]3CCCC[C@H]3NS(=O)(=O)c3ccc(F)cc3)cs2)c1. The number of halogens is 1. The zero-order chi connectivity index (χ0) is 25.0. The van der Waals surface area contributed by atoms with Gasteiger partial charge in [-0.25, -0.2) is 22.5 Å². The molecule has 3 aromatic rings. The zero-order valence-corrected chi connectivity index (χ0v) is 21.2. The van der Waals surface area contributed by atoms with Crippen LogP contribution in [0.4, 0.5) is 4.39 Å². The van der Waals surface area contributed by atoms with Gasteiger partial charge in [0.2, 0.25) is 10.0 Å². The standard InChI is InChI=1S/C25H28FN3O4S2/c1-16-11-17(2)13-19(12-16)33-14-24-27-23(15-34-24)25(30)28-21-5-3-4-6-22(21)29-35(31,32)20-9-7-18(26)8-10-20/h7-13,15,21-22,29H,3-6,14H2,1-2H3,(H,28,30)/t21-,22+/m0/s1. The van der Waals surface area contributed by atoms with Gasteiger partial charge in [-0.1, -0.05) is 18.9 Å². The number of rotatable bonds is 8. The second-order valence-electron chi connectivity index (χ2n) is 8.78. The topological polar surface area (TPSA) is 97.4 Å². The molecule has 1 heterocycles. The Bertz CT molecular complexity index is 1270. The first-order chi connectivity index (χ1) is 16.7. The van der Waals surface area contributed by atoms with E-state index >= 15 is 0 Å². The molecular formula is C25H28FN3O4S2. The highest BCUT2D eigenvalue weighted by Gasteiger charge is 2.31. The number of nitrogens with one attached hydrogen (secondary N) is 2. The van der Waals surface area contributed by atoms with Crippen molar-refractivity contribution in [1.29, 1.82) is 0 Å². The van der Waals surface area contributed by atoms with Crippen molar-refractivity contribution in [3.05, 3.63) is 75.5 Å². The number of carbonyl (C=O) groups excluding carboxylic acids is 1. The van der Waals surface area contributed by atoms with Crippen LogP contribution < -0.4 is 14.8 Å². The predicted molar refractivity (Wildman–Crippen MR) is 133 cm³/mol. The van der Waals surface area contributed by atoms with Gasteiger partial charge >= 0.3 is 0 Å². The fourth-order valence-corrected chi connectivity index (χ4v) is 6.21. The third-order valence-electron chi connectivity index (χ3n) is 5.85. The summed E-state index contributed by atoms with van der Waals surface area (Å²) >= 11 is 1.34. The molecule has 1 aliphatic rings. The Kier molecular flexibility index (Phi) is 7.83. The molecule has 1 amide bonds. The van der Waals surface area contributed by atoms with E-state index in [0.717, 1.165) is 41.9 Å². The van der Waals surface area contributed by atoms with Gasteiger partial charge < -0.3 is 10.1 Å². The number of hydrogen-bond donors (Lipinski definition) is 2. The molecule has 2 aromatic carbocycles. The van der Waals surface area contributed by atoms with Crippen molar-refractivity contribution in [3.8, 4) is 5.75 Å². The highest BCUT2D eigenvalue weighted by atomic mass is 32.2. The summed E-state index contributed by atoms with van der Waals surface area (Å²) in [4.78, 5) is 17.3. The number of carbonyl (C=O) groups is 1. The van der Waals surface area contributed by atoms with E-state index in [0.29, 0.717) is 17.8 Å². The molecule has 1 aliphatic carbocycles. The number of aromatic nitrogens is 1. The number of hydrogen-bond acceptors (Lipinski definition) is 6. The molecule has 186 valence electrons. The lowest BCUT2D eigenvalue weighted by molar-refractivity contribution is 0.0914. The lowest BCUT2D eigenvalue weighted by atomic mass is 9.91. The van der Waals surface area contributed by atoms with Crippen LogP contribution in [0.1, 0.15) is 52.3 Å². The fraction of sp³-hybridized carbons (Fsp3) is 0.360. The van der Waals surface area contributed by atoms with Crippen molar-refractivity contribution in [2.24, 2.45) is 0 Å². The summed E-state index contributed by atoms with van der Waals surface area (Å²) in [6.07, 6.45) is 2.97. The molecule has 0 spiro atoms. The monoisotopic (exact) mass is 517 g/mol. The first kappa shape index (κ1) is 25.3. The Morgan fingerprint density at radius 1 is 1.09 bits per heavy atom. The van der Waals surface area contributed by atoms with Crippen LogP contribution in [-0.4, -0.2) is 31.4 Å². The van der Waals surface area contributed by atoms with Crippen LogP contribution in [0.5, 0.6) is 5.75 Å². The number of sulfonamides is 1. The van der Waals surface area contributed by atoms with Gasteiger partial charge in [0.25, 0.3) is 5.91 Å². The van der Waals surface area contributed by atoms with Gasteiger partial charge in [-0.15, -0.1) is 11.3 Å². The van der Waals surface area contributed by atoms with Gasteiger partial charge in [0, 0.05) is 17.5 Å². The van der Waals surface area contributed by atoms with E-state index < -0.39 is 21.9 Å². The van der Waals surface area contributed by atoms with E-state index in [9.17, 15) is 17.6 Å². The predicted octanol–water partition coefficient (Wildman–Crippen LogP) is 4.50. The van der Waals surface area contributed by atoms with Crippen LogP contribution in [-0.2, 0) is 16.6 Å². The Hall–Kier alpha value is -2.82. The Morgan fingerprint density at radius 2 is 1.74 bits per heavy atom. The molecule has 0 aliphatic heterocycles. The molecule has 0 bridgehead atoms. The average molecular weight is 518 g/mol. The molecule has 1 aromatic heterocycles. The molecule has 2 N–H and O–H groups in total. The molecule has 4 rings (SSSR count). The van der Waals surface area contributed by atoms with Crippen molar-refractivity contribution >= 4 is 27.3 Å². The summed E-state index contributed by atoms with van der Waals surface area (Å²) in [7, 11) is -3.84. The van der Waals surface area contributed by atoms with E-state index in [1.54, 1.807) is 5.38 Å². The van der Waals surface area contributed by atoms with Gasteiger partial charge in [-0.2, -0.15) is 0 Å². The van der Waals surface area contributed by atoms with Crippen LogP contribution in [0.3, 0.4) is 0 Å². The smallest absolute Gasteiger partial charge is 0.271 e. The maximum Gasteiger partial charge on any atom is 0.271 e. The molecule has 0 saturated heterocycles.